The maximum Gasteiger partial charge on any atom is 0.119 e. The van der Waals surface area contributed by atoms with Gasteiger partial charge in [0.15, 0.2) is 0 Å². The van der Waals surface area contributed by atoms with Crippen LogP contribution < -0.4 is 10.5 Å². The highest BCUT2D eigenvalue weighted by molar-refractivity contribution is 7.99. The fourth-order valence-electron chi connectivity index (χ4n) is 1.24. The molecule has 0 heterocycles. The molecule has 0 spiro atoms. The second-order valence-corrected chi connectivity index (χ2v) is 4.64. The van der Waals surface area contributed by atoms with Gasteiger partial charge in [-0.3, -0.25) is 0 Å². The third-order valence-corrected chi connectivity index (χ3v) is 3.06. The number of hydrogen-bond acceptors (Lipinski definition) is 3. The van der Waals surface area contributed by atoms with Crippen LogP contribution in [0.25, 0.3) is 0 Å². The Hall–Kier alpha value is -0.670. The van der Waals surface area contributed by atoms with Crippen molar-refractivity contribution in [3.63, 3.8) is 0 Å². The Labute approximate surface area is 96.2 Å². The van der Waals surface area contributed by atoms with E-state index in [2.05, 4.69) is 19.1 Å². The fourth-order valence-corrected chi connectivity index (χ4v) is 1.93. The predicted octanol–water partition coefficient (Wildman–Crippen LogP) is 2.46. The van der Waals surface area contributed by atoms with Crippen molar-refractivity contribution in [2.24, 2.45) is 5.73 Å². The Balaban J connectivity index is 2.10. The molecule has 15 heavy (non-hydrogen) atoms. The van der Waals surface area contributed by atoms with Crippen molar-refractivity contribution in [1.29, 1.82) is 0 Å². The summed E-state index contributed by atoms with van der Waals surface area (Å²) < 4.78 is 5.62. The molecule has 84 valence electrons. The summed E-state index contributed by atoms with van der Waals surface area (Å²) in [6.45, 7) is 3.63. The summed E-state index contributed by atoms with van der Waals surface area (Å²) in [6, 6.07) is 8.16. The van der Waals surface area contributed by atoms with E-state index in [4.69, 9.17) is 10.5 Å². The molecule has 0 amide bonds. The van der Waals surface area contributed by atoms with E-state index in [1.807, 2.05) is 23.9 Å². The first kappa shape index (κ1) is 12.4. The molecule has 0 aliphatic heterocycles. The normalized spacial score (nSPS) is 10.3. The number of aryl methyl sites for hydroxylation is 1. The van der Waals surface area contributed by atoms with Gasteiger partial charge in [-0.2, -0.15) is 11.8 Å². The van der Waals surface area contributed by atoms with E-state index in [1.54, 1.807) is 0 Å². The maximum atomic E-state index is 5.62. The van der Waals surface area contributed by atoms with Crippen LogP contribution in [0.3, 0.4) is 0 Å². The number of ether oxygens (including phenoxy) is 1. The van der Waals surface area contributed by atoms with Crippen molar-refractivity contribution in [3.05, 3.63) is 29.8 Å². The standard InChI is InChI=1S/C12H19NOS/c1-11-4-2-5-12(10-11)14-7-3-8-15-9-6-13/h2,4-5,10H,3,6-9,13H2,1H3. The highest BCUT2D eigenvalue weighted by Crippen LogP contribution is 2.12. The first-order valence-electron chi connectivity index (χ1n) is 5.30. The summed E-state index contributed by atoms with van der Waals surface area (Å²) in [5.41, 5.74) is 6.64. The molecular weight excluding hydrogens is 206 g/mol. The lowest BCUT2D eigenvalue weighted by atomic mass is 10.2. The molecule has 0 aliphatic rings. The zero-order chi connectivity index (χ0) is 10.9. The van der Waals surface area contributed by atoms with Crippen molar-refractivity contribution in [1.82, 2.24) is 0 Å². The molecule has 3 heteroatoms. The van der Waals surface area contributed by atoms with Crippen LogP contribution in [0.1, 0.15) is 12.0 Å². The number of thioether (sulfide) groups is 1. The van der Waals surface area contributed by atoms with Gasteiger partial charge in [0.05, 0.1) is 6.61 Å². The topological polar surface area (TPSA) is 35.2 Å². The summed E-state index contributed by atoms with van der Waals surface area (Å²) in [5.74, 6) is 3.15. The molecule has 1 rings (SSSR count). The number of rotatable bonds is 7. The summed E-state index contributed by atoms with van der Waals surface area (Å²) in [4.78, 5) is 0. The van der Waals surface area contributed by atoms with Crippen molar-refractivity contribution < 1.29 is 4.74 Å². The van der Waals surface area contributed by atoms with Gasteiger partial charge in [0, 0.05) is 12.3 Å². The van der Waals surface area contributed by atoms with Gasteiger partial charge < -0.3 is 10.5 Å². The summed E-state index contributed by atoms with van der Waals surface area (Å²) >= 11 is 1.89. The minimum absolute atomic E-state index is 0.767. The van der Waals surface area contributed by atoms with E-state index in [-0.39, 0.29) is 0 Å². The van der Waals surface area contributed by atoms with E-state index >= 15 is 0 Å². The molecule has 0 radical (unpaired) electrons. The second kappa shape index (κ2) is 7.60. The first-order valence-corrected chi connectivity index (χ1v) is 6.45. The molecule has 0 aromatic heterocycles. The lowest BCUT2D eigenvalue weighted by molar-refractivity contribution is 0.318. The summed E-state index contributed by atoms with van der Waals surface area (Å²) in [5, 5.41) is 0. The fraction of sp³-hybridized carbons (Fsp3) is 0.500. The van der Waals surface area contributed by atoms with Gasteiger partial charge in [-0.05, 0) is 36.8 Å². The van der Waals surface area contributed by atoms with Crippen LogP contribution in [0.15, 0.2) is 24.3 Å². The Morgan fingerprint density at radius 2 is 2.20 bits per heavy atom. The Bertz CT molecular complexity index is 278. The van der Waals surface area contributed by atoms with Crippen LogP contribution in [0.4, 0.5) is 0 Å². The Morgan fingerprint density at radius 1 is 1.33 bits per heavy atom. The van der Waals surface area contributed by atoms with Gasteiger partial charge in [-0.1, -0.05) is 12.1 Å². The average molecular weight is 225 g/mol. The van der Waals surface area contributed by atoms with Crippen molar-refractivity contribution in [2.75, 3.05) is 24.7 Å². The SMILES string of the molecule is Cc1cccc(OCCCSCCN)c1. The van der Waals surface area contributed by atoms with Crippen LogP contribution in [0, 0.1) is 6.92 Å². The summed E-state index contributed by atoms with van der Waals surface area (Å²) in [7, 11) is 0. The molecular formula is C12H19NOS. The monoisotopic (exact) mass is 225 g/mol. The third kappa shape index (κ3) is 5.70. The molecule has 0 fully saturated rings. The molecule has 0 unspecified atom stereocenters. The van der Waals surface area contributed by atoms with Crippen LogP contribution in [0.5, 0.6) is 5.75 Å². The van der Waals surface area contributed by atoms with E-state index in [0.717, 1.165) is 36.8 Å². The lowest BCUT2D eigenvalue weighted by Crippen LogP contribution is -2.03. The molecule has 0 saturated carbocycles. The number of nitrogens with two attached hydrogens (primary N) is 1. The Morgan fingerprint density at radius 3 is 2.93 bits per heavy atom. The van der Waals surface area contributed by atoms with Gasteiger partial charge in [-0.25, -0.2) is 0 Å². The molecule has 2 N–H and O–H groups in total. The van der Waals surface area contributed by atoms with Crippen LogP contribution >= 0.6 is 11.8 Å². The van der Waals surface area contributed by atoms with E-state index in [1.165, 1.54) is 5.56 Å². The highest BCUT2D eigenvalue weighted by Gasteiger charge is 1.94. The highest BCUT2D eigenvalue weighted by atomic mass is 32.2. The lowest BCUT2D eigenvalue weighted by Gasteiger charge is -2.06. The van der Waals surface area contributed by atoms with E-state index in [9.17, 15) is 0 Å². The maximum absolute atomic E-state index is 5.62. The number of benzene rings is 1. The van der Waals surface area contributed by atoms with Gasteiger partial charge in [0.1, 0.15) is 5.75 Å². The number of hydrogen-bond donors (Lipinski definition) is 1. The van der Waals surface area contributed by atoms with Gasteiger partial charge in [0.2, 0.25) is 0 Å². The smallest absolute Gasteiger partial charge is 0.119 e. The Kier molecular flexibility index (Phi) is 6.28. The quantitative estimate of drug-likeness (QED) is 0.724. The second-order valence-electron chi connectivity index (χ2n) is 3.42. The van der Waals surface area contributed by atoms with Gasteiger partial charge >= 0.3 is 0 Å². The molecule has 0 atom stereocenters. The molecule has 0 bridgehead atoms. The predicted molar refractivity (Wildman–Crippen MR) is 67.7 cm³/mol. The first-order chi connectivity index (χ1) is 7.33. The molecule has 1 aromatic carbocycles. The molecule has 0 aliphatic carbocycles. The van der Waals surface area contributed by atoms with Gasteiger partial charge in [0.25, 0.3) is 0 Å². The van der Waals surface area contributed by atoms with E-state index < -0.39 is 0 Å². The zero-order valence-corrected chi connectivity index (χ0v) is 10.1. The van der Waals surface area contributed by atoms with Crippen LogP contribution in [0.2, 0.25) is 0 Å². The summed E-state index contributed by atoms with van der Waals surface area (Å²) in [6.07, 6.45) is 1.08. The zero-order valence-electron chi connectivity index (χ0n) is 9.24. The minimum Gasteiger partial charge on any atom is -0.494 e. The minimum atomic E-state index is 0.767. The molecule has 0 saturated heterocycles. The van der Waals surface area contributed by atoms with Crippen LogP contribution in [-0.2, 0) is 0 Å². The average Bonchev–Trinajstić information content (AvgIpc) is 2.23. The van der Waals surface area contributed by atoms with Crippen molar-refractivity contribution in [3.8, 4) is 5.75 Å². The van der Waals surface area contributed by atoms with Crippen molar-refractivity contribution >= 4 is 11.8 Å². The van der Waals surface area contributed by atoms with Crippen LogP contribution in [-0.4, -0.2) is 24.7 Å². The van der Waals surface area contributed by atoms with Crippen molar-refractivity contribution in [2.45, 2.75) is 13.3 Å². The van der Waals surface area contributed by atoms with E-state index in [0.29, 0.717) is 0 Å². The molecule has 1 aromatic rings. The molecule has 2 nitrogen and oxygen atoms in total. The van der Waals surface area contributed by atoms with Gasteiger partial charge in [-0.15, -0.1) is 0 Å². The third-order valence-electron chi connectivity index (χ3n) is 1.95. The largest absolute Gasteiger partial charge is 0.494 e.